The van der Waals surface area contributed by atoms with Gasteiger partial charge in [0.05, 0.1) is 42.7 Å². The van der Waals surface area contributed by atoms with Crippen LogP contribution in [0.1, 0.15) is 104 Å². The second kappa shape index (κ2) is 14.1. The van der Waals surface area contributed by atoms with Gasteiger partial charge in [0.25, 0.3) is 0 Å². The van der Waals surface area contributed by atoms with Crippen molar-refractivity contribution in [2.45, 2.75) is 128 Å². The van der Waals surface area contributed by atoms with Crippen molar-refractivity contribution in [2.75, 3.05) is 6.61 Å². The zero-order valence-corrected chi connectivity index (χ0v) is 24.6. The van der Waals surface area contributed by atoms with E-state index >= 15 is 0 Å². The predicted molar refractivity (Wildman–Crippen MR) is 147 cm³/mol. The number of aliphatic hydroxyl groups excluding tert-OH is 2. The minimum Gasteiger partial charge on any atom is -0.481 e. The van der Waals surface area contributed by atoms with E-state index in [4.69, 9.17) is 14.5 Å². The fraction of sp³-hybridized carbons (Fsp3) is 0.903. The molecule has 0 radical (unpaired) electrons. The Morgan fingerprint density at radius 1 is 0.659 bits per heavy atom. The highest BCUT2D eigenvalue weighted by Gasteiger charge is 2.44. The standard InChI is InChI=1S/C31H50O10/c1-31(2,19-4-10-23(11-5-19)40-30(38)25-14-9-22(33)16-27(25)29(36)37)20-6-12-24(13-7-20)41-39-17-18-3-8-21(32)15-26(18)28(34)35/h18-27,32-33H,3-17H2,1-2H3,(H,34,35)(H,36,37). The molecule has 0 spiro atoms. The van der Waals surface area contributed by atoms with Crippen molar-refractivity contribution in [1.82, 2.24) is 0 Å². The lowest BCUT2D eigenvalue weighted by atomic mass is 9.60. The smallest absolute Gasteiger partial charge is 0.310 e. The van der Waals surface area contributed by atoms with Gasteiger partial charge in [-0.15, -0.1) is 0 Å². The van der Waals surface area contributed by atoms with E-state index in [0.29, 0.717) is 37.5 Å². The number of rotatable bonds is 10. The molecular formula is C31H50O10. The molecule has 234 valence electrons. The number of carbonyl (C=O) groups excluding carboxylic acids is 1. The zero-order chi connectivity index (χ0) is 29.7. The van der Waals surface area contributed by atoms with Gasteiger partial charge in [0.15, 0.2) is 0 Å². The van der Waals surface area contributed by atoms with Gasteiger partial charge in [-0.3, -0.25) is 14.4 Å². The number of aliphatic carboxylic acids is 2. The number of hydrogen-bond acceptors (Lipinski definition) is 8. The Hall–Kier alpha value is -1.75. The highest BCUT2D eigenvalue weighted by molar-refractivity contribution is 5.81. The maximum atomic E-state index is 12.8. The van der Waals surface area contributed by atoms with Crippen LogP contribution in [0.4, 0.5) is 0 Å². The molecule has 4 rings (SSSR count). The van der Waals surface area contributed by atoms with Crippen LogP contribution < -0.4 is 0 Å². The molecule has 0 amide bonds. The van der Waals surface area contributed by atoms with Crippen molar-refractivity contribution in [3.05, 3.63) is 0 Å². The quantitative estimate of drug-likeness (QED) is 0.166. The van der Waals surface area contributed by atoms with E-state index in [1.807, 2.05) is 0 Å². The maximum Gasteiger partial charge on any atom is 0.310 e. The molecule has 0 bridgehead atoms. The molecule has 4 N–H and O–H groups in total. The molecule has 41 heavy (non-hydrogen) atoms. The molecule has 6 unspecified atom stereocenters. The normalized spacial score (nSPS) is 38.6. The molecule has 4 aliphatic carbocycles. The number of ether oxygens (including phenoxy) is 1. The van der Waals surface area contributed by atoms with Gasteiger partial charge in [-0.05, 0) is 113 Å². The summed E-state index contributed by atoms with van der Waals surface area (Å²) in [6, 6.07) is 0. The van der Waals surface area contributed by atoms with E-state index in [9.17, 15) is 34.8 Å². The number of carbonyl (C=O) groups is 3. The van der Waals surface area contributed by atoms with E-state index in [1.54, 1.807) is 0 Å². The lowest BCUT2D eigenvalue weighted by Gasteiger charge is -2.46. The lowest BCUT2D eigenvalue weighted by molar-refractivity contribution is -0.338. The summed E-state index contributed by atoms with van der Waals surface area (Å²) in [5, 5.41) is 38.6. The monoisotopic (exact) mass is 582 g/mol. The Labute approximate surface area is 243 Å². The Balaban J connectivity index is 1.17. The second-order valence-electron chi connectivity index (χ2n) is 13.8. The van der Waals surface area contributed by atoms with Gasteiger partial charge in [-0.25, -0.2) is 9.78 Å². The van der Waals surface area contributed by atoms with Crippen molar-refractivity contribution < 1.29 is 49.3 Å². The SMILES string of the molecule is CC(C)(C1CCC(OOCC2CCC(O)CC2C(=O)O)CC1)C1CCC(OC(=O)C2CCC(O)CC2C(=O)O)CC1. The molecule has 0 aromatic rings. The average molecular weight is 583 g/mol. The summed E-state index contributed by atoms with van der Waals surface area (Å²) < 4.78 is 5.81. The van der Waals surface area contributed by atoms with Crippen LogP contribution in [0.5, 0.6) is 0 Å². The first-order chi connectivity index (χ1) is 19.5. The predicted octanol–water partition coefficient (Wildman–Crippen LogP) is 4.35. The summed E-state index contributed by atoms with van der Waals surface area (Å²) in [7, 11) is 0. The first-order valence-electron chi connectivity index (χ1n) is 15.8. The first kappa shape index (κ1) is 32.2. The van der Waals surface area contributed by atoms with Crippen LogP contribution in [0.25, 0.3) is 0 Å². The zero-order valence-electron chi connectivity index (χ0n) is 24.6. The van der Waals surface area contributed by atoms with Gasteiger partial charge in [0.2, 0.25) is 0 Å². The molecule has 4 saturated carbocycles. The Bertz CT molecular complexity index is 889. The summed E-state index contributed by atoms with van der Waals surface area (Å²) in [6.45, 7) is 4.93. The van der Waals surface area contributed by atoms with E-state index in [-0.39, 0.29) is 43.0 Å². The maximum absolute atomic E-state index is 12.8. The van der Waals surface area contributed by atoms with Crippen molar-refractivity contribution >= 4 is 17.9 Å². The number of carboxylic acids is 2. The number of aliphatic hydroxyl groups is 2. The van der Waals surface area contributed by atoms with E-state index in [2.05, 4.69) is 13.8 Å². The Morgan fingerprint density at radius 3 is 1.73 bits per heavy atom. The summed E-state index contributed by atoms with van der Waals surface area (Å²) in [6.07, 6.45) is 8.35. The molecule has 0 aliphatic heterocycles. The molecule has 0 heterocycles. The Morgan fingerprint density at radius 2 is 1.17 bits per heavy atom. The van der Waals surface area contributed by atoms with Gasteiger partial charge in [-0.2, -0.15) is 0 Å². The first-order valence-corrected chi connectivity index (χ1v) is 15.8. The van der Waals surface area contributed by atoms with Crippen LogP contribution in [0.3, 0.4) is 0 Å². The van der Waals surface area contributed by atoms with Crippen LogP contribution in [-0.4, -0.2) is 69.4 Å². The molecule has 4 fully saturated rings. The Kier molecular flexibility index (Phi) is 11.1. The minimum atomic E-state index is -1.04. The van der Waals surface area contributed by atoms with Crippen LogP contribution in [0, 0.1) is 40.9 Å². The van der Waals surface area contributed by atoms with Gasteiger partial charge in [0, 0.05) is 0 Å². The molecule has 0 aromatic carbocycles. The third-order valence-corrected chi connectivity index (χ3v) is 10.9. The third kappa shape index (κ3) is 8.21. The van der Waals surface area contributed by atoms with Crippen LogP contribution in [-0.2, 0) is 28.9 Å². The summed E-state index contributed by atoms with van der Waals surface area (Å²) >= 11 is 0. The summed E-state index contributed by atoms with van der Waals surface area (Å²) in [5.74, 6) is -3.59. The fourth-order valence-electron chi connectivity index (χ4n) is 8.05. The van der Waals surface area contributed by atoms with Crippen molar-refractivity contribution in [2.24, 2.45) is 40.9 Å². The molecule has 0 aromatic heterocycles. The third-order valence-electron chi connectivity index (χ3n) is 10.9. The molecule has 4 aliphatic rings. The lowest BCUT2D eigenvalue weighted by Crippen LogP contribution is -2.41. The molecule has 10 heteroatoms. The molecule has 0 saturated heterocycles. The van der Waals surface area contributed by atoms with Gasteiger partial charge in [-0.1, -0.05) is 13.8 Å². The highest BCUT2D eigenvalue weighted by Crippen LogP contribution is 2.49. The van der Waals surface area contributed by atoms with Crippen molar-refractivity contribution in [3.8, 4) is 0 Å². The van der Waals surface area contributed by atoms with Crippen LogP contribution >= 0.6 is 0 Å². The second-order valence-corrected chi connectivity index (χ2v) is 13.8. The topological polar surface area (TPSA) is 160 Å². The van der Waals surface area contributed by atoms with Crippen molar-refractivity contribution in [3.63, 3.8) is 0 Å². The number of carboxylic acid groups (broad SMARTS) is 2. The van der Waals surface area contributed by atoms with E-state index < -0.39 is 47.9 Å². The molecule has 10 nitrogen and oxygen atoms in total. The molecular weight excluding hydrogens is 532 g/mol. The highest BCUT2D eigenvalue weighted by atomic mass is 17.2. The average Bonchev–Trinajstić information content (AvgIpc) is 2.94. The van der Waals surface area contributed by atoms with Crippen LogP contribution in [0.15, 0.2) is 0 Å². The summed E-state index contributed by atoms with van der Waals surface area (Å²) in [4.78, 5) is 47.3. The van der Waals surface area contributed by atoms with Gasteiger partial charge in [0.1, 0.15) is 6.10 Å². The number of esters is 1. The summed E-state index contributed by atoms with van der Waals surface area (Å²) in [5.41, 5.74) is 0.131. The van der Waals surface area contributed by atoms with Crippen molar-refractivity contribution in [1.29, 1.82) is 0 Å². The largest absolute Gasteiger partial charge is 0.481 e. The molecule has 6 atom stereocenters. The minimum absolute atomic E-state index is 0.00480. The number of hydrogen-bond donors (Lipinski definition) is 4. The van der Waals surface area contributed by atoms with Gasteiger partial charge >= 0.3 is 17.9 Å². The van der Waals surface area contributed by atoms with E-state index in [1.165, 1.54) is 0 Å². The van der Waals surface area contributed by atoms with E-state index in [0.717, 1.165) is 51.4 Å². The van der Waals surface area contributed by atoms with Gasteiger partial charge < -0.3 is 25.2 Å². The fourth-order valence-corrected chi connectivity index (χ4v) is 8.05. The van der Waals surface area contributed by atoms with Crippen LogP contribution in [0.2, 0.25) is 0 Å².